The van der Waals surface area contributed by atoms with Crippen molar-refractivity contribution < 1.29 is 14.3 Å². The van der Waals surface area contributed by atoms with E-state index in [1.165, 1.54) is 0 Å². The molecule has 0 aromatic carbocycles. The van der Waals surface area contributed by atoms with Crippen molar-refractivity contribution in [3.8, 4) is 0 Å². The molecular formula is C11H16N2O3. The summed E-state index contributed by atoms with van der Waals surface area (Å²) in [4.78, 5) is 15.3. The molecular weight excluding hydrogens is 208 g/mol. The third kappa shape index (κ3) is 3.01. The van der Waals surface area contributed by atoms with Gasteiger partial charge in [-0.05, 0) is 18.6 Å². The highest BCUT2D eigenvalue weighted by Gasteiger charge is 2.14. The van der Waals surface area contributed by atoms with Crippen LogP contribution in [-0.2, 0) is 15.9 Å². The lowest BCUT2D eigenvalue weighted by molar-refractivity contribution is -0.100. The lowest BCUT2D eigenvalue weighted by atomic mass is 10.1. The number of nitrogens with zero attached hydrogens (tertiary/aromatic N) is 1. The summed E-state index contributed by atoms with van der Waals surface area (Å²) in [7, 11) is 3.08. The normalized spacial score (nSPS) is 10.8. The Bertz CT molecular complexity index is 375. The minimum atomic E-state index is -0.537. The standard InChI is InChI=1S/C11H16N2O3/c1-7-4-5-8(6-9(15-2)16-3)10(13-7)11(12)14/h4-5,9H,6H2,1-3H3,(H2,12,14). The van der Waals surface area contributed by atoms with Gasteiger partial charge in [-0.25, -0.2) is 4.98 Å². The Morgan fingerprint density at radius 1 is 1.44 bits per heavy atom. The second-order valence-corrected chi connectivity index (χ2v) is 3.43. The van der Waals surface area contributed by atoms with Gasteiger partial charge in [0.25, 0.3) is 5.91 Å². The summed E-state index contributed by atoms with van der Waals surface area (Å²) < 4.78 is 10.1. The number of primary amides is 1. The van der Waals surface area contributed by atoms with Gasteiger partial charge in [-0.3, -0.25) is 4.79 Å². The number of carbonyl (C=O) groups is 1. The van der Waals surface area contributed by atoms with Crippen LogP contribution < -0.4 is 5.73 Å². The van der Waals surface area contributed by atoms with Crippen LogP contribution in [0.4, 0.5) is 0 Å². The first-order chi connectivity index (χ1) is 7.58. The van der Waals surface area contributed by atoms with E-state index in [9.17, 15) is 4.79 Å². The molecule has 88 valence electrons. The molecule has 1 heterocycles. The molecule has 0 saturated carbocycles. The van der Waals surface area contributed by atoms with E-state index in [2.05, 4.69) is 4.98 Å². The number of rotatable bonds is 5. The van der Waals surface area contributed by atoms with Crippen molar-refractivity contribution in [3.05, 3.63) is 29.1 Å². The zero-order valence-corrected chi connectivity index (χ0v) is 9.69. The van der Waals surface area contributed by atoms with Crippen LogP contribution in [0.25, 0.3) is 0 Å². The summed E-state index contributed by atoms with van der Waals surface area (Å²) in [5, 5.41) is 0. The first kappa shape index (κ1) is 12.6. The van der Waals surface area contributed by atoms with E-state index in [0.29, 0.717) is 6.42 Å². The fraction of sp³-hybridized carbons (Fsp3) is 0.455. The summed E-state index contributed by atoms with van der Waals surface area (Å²) in [6.45, 7) is 1.81. The molecule has 0 fully saturated rings. The predicted molar refractivity (Wildman–Crippen MR) is 59.0 cm³/mol. The lowest BCUT2D eigenvalue weighted by Crippen LogP contribution is -2.21. The average molecular weight is 224 g/mol. The second kappa shape index (κ2) is 5.58. The molecule has 0 aliphatic heterocycles. The molecule has 2 N–H and O–H groups in total. The molecule has 16 heavy (non-hydrogen) atoms. The first-order valence-corrected chi connectivity index (χ1v) is 4.90. The number of hydrogen-bond donors (Lipinski definition) is 1. The highest BCUT2D eigenvalue weighted by molar-refractivity contribution is 5.92. The summed E-state index contributed by atoms with van der Waals surface area (Å²) in [5.41, 5.74) is 7.02. The molecule has 1 aromatic rings. The fourth-order valence-electron chi connectivity index (χ4n) is 1.41. The molecule has 0 aliphatic rings. The molecule has 5 heteroatoms. The van der Waals surface area contributed by atoms with Crippen LogP contribution in [0.5, 0.6) is 0 Å². The highest BCUT2D eigenvalue weighted by Crippen LogP contribution is 2.11. The topological polar surface area (TPSA) is 74.4 Å². The van der Waals surface area contributed by atoms with Gasteiger partial charge in [-0.1, -0.05) is 6.07 Å². The Hall–Kier alpha value is -1.46. The van der Waals surface area contributed by atoms with E-state index in [0.717, 1.165) is 11.3 Å². The molecule has 0 bridgehead atoms. The molecule has 0 saturated heterocycles. The molecule has 0 atom stereocenters. The number of pyridine rings is 1. The third-order valence-corrected chi connectivity index (χ3v) is 2.26. The summed E-state index contributed by atoms with van der Waals surface area (Å²) >= 11 is 0. The van der Waals surface area contributed by atoms with Gasteiger partial charge in [0.15, 0.2) is 6.29 Å². The number of aryl methyl sites for hydroxylation is 1. The van der Waals surface area contributed by atoms with E-state index in [1.807, 2.05) is 12.1 Å². The number of hydrogen-bond acceptors (Lipinski definition) is 4. The van der Waals surface area contributed by atoms with Crippen molar-refractivity contribution in [2.24, 2.45) is 5.73 Å². The van der Waals surface area contributed by atoms with E-state index in [-0.39, 0.29) is 5.69 Å². The van der Waals surface area contributed by atoms with E-state index in [1.54, 1.807) is 21.1 Å². The van der Waals surface area contributed by atoms with Crippen molar-refractivity contribution in [1.29, 1.82) is 0 Å². The van der Waals surface area contributed by atoms with Crippen LogP contribution in [0.15, 0.2) is 12.1 Å². The maximum atomic E-state index is 11.2. The largest absolute Gasteiger partial charge is 0.364 e. The van der Waals surface area contributed by atoms with E-state index in [4.69, 9.17) is 15.2 Å². The molecule has 5 nitrogen and oxygen atoms in total. The lowest BCUT2D eigenvalue weighted by Gasteiger charge is -2.14. The average Bonchev–Trinajstić information content (AvgIpc) is 2.27. The monoisotopic (exact) mass is 224 g/mol. The number of ether oxygens (including phenoxy) is 2. The van der Waals surface area contributed by atoms with Crippen LogP contribution in [0, 0.1) is 6.92 Å². The van der Waals surface area contributed by atoms with Gasteiger partial charge in [0, 0.05) is 26.3 Å². The van der Waals surface area contributed by atoms with Gasteiger partial charge in [-0.2, -0.15) is 0 Å². The zero-order valence-electron chi connectivity index (χ0n) is 9.69. The third-order valence-electron chi connectivity index (χ3n) is 2.26. The molecule has 0 radical (unpaired) electrons. The van der Waals surface area contributed by atoms with Crippen LogP contribution >= 0.6 is 0 Å². The van der Waals surface area contributed by atoms with Crippen LogP contribution in [-0.4, -0.2) is 31.4 Å². The van der Waals surface area contributed by atoms with Crippen molar-refractivity contribution in [1.82, 2.24) is 4.98 Å². The van der Waals surface area contributed by atoms with Crippen molar-refractivity contribution in [2.45, 2.75) is 19.6 Å². The number of nitrogens with two attached hydrogens (primary N) is 1. The predicted octanol–water partition coefficient (Wildman–Crippen LogP) is 0.650. The van der Waals surface area contributed by atoms with Crippen molar-refractivity contribution >= 4 is 5.91 Å². The Kier molecular flexibility index (Phi) is 4.39. The van der Waals surface area contributed by atoms with Gasteiger partial charge >= 0.3 is 0 Å². The Balaban J connectivity index is 2.98. The van der Waals surface area contributed by atoms with Crippen LogP contribution in [0.3, 0.4) is 0 Å². The van der Waals surface area contributed by atoms with Crippen molar-refractivity contribution in [2.75, 3.05) is 14.2 Å². The molecule has 0 spiro atoms. The quantitative estimate of drug-likeness (QED) is 0.745. The molecule has 1 aromatic heterocycles. The first-order valence-electron chi connectivity index (χ1n) is 4.90. The van der Waals surface area contributed by atoms with Gasteiger partial charge in [0.05, 0.1) is 0 Å². The second-order valence-electron chi connectivity index (χ2n) is 3.43. The maximum Gasteiger partial charge on any atom is 0.267 e. The fourth-order valence-corrected chi connectivity index (χ4v) is 1.41. The smallest absolute Gasteiger partial charge is 0.267 e. The zero-order chi connectivity index (χ0) is 12.1. The highest BCUT2D eigenvalue weighted by atomic mass is 16.7. The molecule has 0 aliphatic carbocycles. The Morgan fingerprint density at radius 3 is 2.56 bits per heavy atom. The number of amides is 1. The van der Waals surface area contributed by atoms with E-state index >= 15 is 0 Å². The number of aromatic nitrogens is 1. The van der Waals surface area contributed by atoms with Crippen LogP contribution in [0.2, 0.25) is 0 Å². The van der Waals surface area contributed by atoms with Crippen LogP contribution in [0.1, 0.15) is 21.7 Å². The van der Waals surface area contributed by atoms with Crippen molar-refractivity contribution in [3.63, 3.8) is 0 Å². The van der Waals surface area contributed by atoms with E-state index < -0.39 is 12.2 Å². The van der Waals surface area contributed by atoms with Gasteiger partial charge in [0.2, 0.25) is 0 Å². The Morgan fingerprint density at radius 2 is 2.06 bits per heavy atom. The molecule has 1 rings (SSSR count). The number of carbonyl (C=O) groups excluding carboxylic acids is 1. The summed E-state index contributed by atoms with van der Waals surface area (Å²) in [5.74, 6) is -0.537. The maximum absolute atomic E-state index is 11.2. The van der Waals surface area contributed by atoms with Gasteiger partial charge in [0.1, 0.15) is 5.69 Å². The summed E-state index contributed by atoms with van der Waals surface area (Å²) in [6.07, 6.45) is 0.0426. The number of methoxy groups -OCH3 is 2. The molecule has 1 amide bonds. The molecule has 0 unspecified atom stereocenters. The van der Waals surface area contributed by atoms with Gasteiger partial charge in [-0.15, -0.1) is 0 Å². The minimum Gasteiger partial charge on any atom is -0.364 e. The Labute approximate surface area is 94.6 Å². The van der Waals surface area contributed by atoms with Gasteiger partial charge < -0.3 is 15.2 Å². The summed E-state index contributed by atoms with van der Waals surface area (Å²) in [6, 6.07) is 3.64. The minimum absolute atomic E-state index is 0.277. The SMILES string of the molecule is COC(Cc1ccc(C)nc1C(N)=O)OC.